The lowest BCUT2D eigenvalue weighted by atomic mass is 9.95. The van der Waals surface area contributed by atoms with E-state index in [1.807, 2.05) is 30.3 Å². The van der Waals surface area contributed by atoms with Crippen molar-refractivity contribution in [2.75, 3.05) is 5.32 Å². The lowest BCUT2D eigenvalue weighted by Crippen LogP contribution is -2.27. The normalized spacial score (nSPS) is 15.2. The van der Waals surface area contributed by atoms with E-state index in [0.717, 1.165) is 29.7 Å². The fraction of sp³-hybridized carbons (Fsp3) is 0.389. The van der Waals surface area contributed by atoms with Crippen LogP contribution in [-0.2, 0) is 14.9 Å². The zero-order valence-electron chi connectivity index (χ0n) is 14.0. The number of amides is 1. The fourth-order valence-corrected chi connectivity index (χ4v) is 3.50. The van der Waals surface area contributed by atoms with Gasteiger partial charge in [-0.05, 0) is 39.2 Å². The molecule has 1 amide bonds. The average Bonchev–Trinajstić information content (AvgIpc) is 3.27. The molecule has 1 N–H and O–H groups in total. The number of hydrogen-bond donors (Lipinski definition) is 1. The molecule has 1 aliphatic rings. The topological polar surface area (TPSA) is 68.3 Å². The number of aromatic nitrogens is 1. The number of nitrogens with one attached hydrogen (secondary N) is 1. The highest BCUT2D eigenvalue weighted by molar-refractivity contribution is 7.17. The van der Waals surface area contributed by atoms with Gasteiger partial charge in [-0.3, -0.25) is 4.79 Å². The van der Waals surface area contributed by atoms with Crippen molar-refractivity contribution >= 4 is 28.3 Å². The Morgan fingerprint density at radius 2 is 1.92 bits per heavy atom. The minimum atomic E-state index is -0.459. The zero-order valence-corrected chi connectivity index (χ0v) is 14.8. The van der Waals surface area contributed by atoms with Crippen molar-refractivity contribution in [2.45, 2.75) is 45.1 Å². The molecule has 0 saturated heterocycles. The summed E-state index contributed by atoms with van der Waals surface area (Å²) in [6.45, 7) is 5.34. The number of anilines is 1. The summed E-state index contributed by atoms with van der Waals surface area (Å²) in [6, 6.07) is 9.77. The molecule has 24 heavy (non-hydrogen) atoms. The van der Waals surface area contributed by atoms with Gasteiger partial charge in [-0.2, -0.15) is 0 Å². The van der Waals surface area contributed by atoms with Crippen LogP contribution in [0.1, 0.15) is 47.6 Å². The highest BCUT2D eigenvalue weighted by atomic mass is 32.1. The molecule has 0 radical (unpaired) electrons. The number of aryl methyl sites for hydroxylation is 1. The van der Waals surface area contributed by atoms with E-state index in [0.29, 0.717) is 15.7 Å². The Balaban J connectivity index is 1.75. The van der Waals surface area contributed by atoms with E-state index >= 15 is 0 Å². The van der Waals surface area contributed by atoms with Crippen molar-refractivity contribution in [1.29, 1.82) is 0 Å². The summed E-state index contributed by atoms with van der Waals surface area (Å²) in [4.78, 5) is 29.5. The van der Waals surface area contributed by atoms with Gasteiger partial charge in [0.1, 0.15) is 4.88 Å². The molecule has 6 heteroatoms. The van der Waals surface area contributed by atoms with E-state index in [1.54, 1.807) is 20.8 Å². The van der Waals surface area contributed by atoms with Crippen LogP contribution in [0, 0.1) is 6.92 Å². The van der Waals surface area contributed by atoms with Crippen molar-refractivity contribution in [1.82, 2.24) is 4.98 Å². The fourth-order valence-electron chi connectivity index (χ4n) is 2.65. The third-order valence-electron chi connectivity index (χ3n) is 4.06. The summed E-state index contributed by atoms with van der Waals surface area (Å²) < 4.78 is 5.20. The first-order valence-electron chi connectivity index (χ1n) is 7.98. The minimum absolute atomic E-state index is 0.0637. The number of benzene rings is 1. The molecule has 3 rings (SSSR count). The van der Waals surface area contributed by atoms with Gasteiger partial charge in [0.05, 0.1) is 17.2 Å². The van der Waals surface area contributed by atoms with Crippen LogP contribution < -0.4 is 5.32 Å². The van der Waals surface area contributed by atoms with Crippen molar-refractivity contribution in [3.63, 3.8) is 0 Å². The first kappa shape index (κ1) is 16.6. The molecule has 1 fully saturated rings. The molecule has 1 aromatic heterocycles. The van der Waals surface area contributed by atoms with E-state index in [-0.39, 0.29) is 12.0 Å². The van der Waals surface area contributed by atoms with Crippen molar-refractivity contribution in [3.05, 3.63) is 46.5 Å². The number of esters is 1. The number of hydrogen-bond acceptors (Lipinski definition) is 5. The molecule has 1 aliphatic carbocycles. The van der Waals surface area contributed by atoms with Crippen molar-refractivity contribution in [2.24, 2.45) is 0 Å². The molecule has 2 aromatic rings. The Hall–Kier alpha value is -2.21. The maximum atomic E-state index is 12.7. The molecule has 1 saturated carbocycles. The lowest BCUT2D eigenvalue weighted by Gasteiger charge is -2.14. The smallest absolute Gasteiger partial charge is 0.350 e. The van der Waals surface area contributed by atoms with Gasteiger partial charge in [0, 0.05) is 0 Å². The third-order valence-corrected chi connectivity index (χ3v) is 5.11. The first-order chi connectivity index (χ1) is 11.4. The standard InChI is InChI=1S/C18H20N2O3S/c1-11(2)23-15(21)14-12(3)19-17(24-14)20-16(22)18(9-10-18)13-7-5-4-6-8-13/h4-8,11H,9-10H2,1-3H3,(H,19,20,22). The molecule has 0 unspecified atom stereocenters. The summed E-state index contributed by atoms with van der Waals surface area (Å²) in [6.07, 6.45) is 1.47. The Bertz CT molecular complexity index is 764. The van der Waals surface area contributed by atoms with Gasteiger partial charge in [-0.25, -0.2) is 9.78 Å². The second kappa shape index (κ2) is 6.36. The molecule has 1 heterocycles. The SMILES string of the molecule is Cc1nc(NC(=O)C2(c3ccccc3)CC2)sc1C(=O)OC(C)C. The summed E-state index contributed by atoms with van der Waals surface area (Å²) in [5, 5.41) is 3.31. The van der Waals surface area contributed by atoms with E-state index in [1.165, 1.54) is 0 Å². The van der Waals surface area contributed by atoms with Gasteiger partial charge in [-0.1, -0.05) is 41.7 Å². The van der Waals surface area contributed by atoms with Gasteiger partial charge in [0.15, 0.2) is 5.13 Å². The Labute approximate surface area is 145 Å². The summed E-state index contributed by atoms with van der Waals surface area (Å²) in [5.41, 5.74) is 1.14. The molecular weight excluding hydrogens is 324 g/mol. The molecule has 0 atom stereocenters. The lowest BCUT2D eigenvalue weighted by molar-refractivity contribution is -0.118. The van der Waals surface area contributed by atoms with Gasteiger partial charge in [0.2, 0.25) is 5.91 Å². The second-order valence-corrected chi connectivity index (χ2v) is 7.29. The molecule has 0 aliphatic heterocycles. The highest BCUT2D eigenvalue weighted by Crippen LogP contribution is 2.49. The van der Waals surface area contributed by atoms with Gasteiger partial charge >= 0.3 is 5.97 Å². The number of carbonyl (C=O) groups is 2. The maximum Gasteiger partial charge on any atom is 0.350 e. The summed E-state index contributed by atoms with van der Waals surface area (Å²) >= 11 is 1.16. The van der Waals surface area contributed by atoms with Crippen molar-refractivity contribution < 1.29 is 14.3 Å². The zero-order chi connectivity index (χ0) is 17.3. The number of carbonyl (C=O) groups excluding carboxylic acids is 2. The monoisotopic (exact) mass is 344 g/mol. The van der Waals surface area contributed by atoms with E-state index in [2.05, 4.69) is 10.3 Å². The van der Waals surface area contributed by atoms with E-state index in [4.69, 9.17) is 4.74 Å². The largest absolute Gasteiger partial charge is 0.459 e. The Morgan fingerprint density at radius 1 is 1.25 bits per heavy atom. The van der Waals surface area contributed by atoms with E-state index in [9.17, 15) is 9.59 Å². The predicted molar refractivity (Wildman–Crippen MR) is 93.4 cm³/mol. The predicted octanol–water partition coefficient (Wildman–Crippen LogP) is 3.69. The van der Waals surface area contributed by atoms with Crippen LogP contribution in [-0.4, -0.2) is 23.0 Å². The number of nitrogens with zero attached hydrogens (tertiary/aromatic N) is 1. The van der Waals surface area contributed by atoms with Crippen molar-refractivity contribution in [3.8, 4) is 0 Å². The Morgan fingerprint density at radius 3 is 2.50 bits per heavy atom. The summed E-state index contributed by atoms with van der Waals surface area (Å²) in [7, 11) is 0. The second-order valence-electron chi connectivity index (χ2n) is 6.29. The van der Waals surface area contributed by atoms with Crippen LogP contribution in [0.5, 0.6) is 0 Å². The van der Waals surface area contributed by atoms with Crippen LogP contribution in [0.4, 0.5) is 5.13 Å². The van der Waals surface area contributed by atoms with Crippen LogP contribution in [0.25, 0.3) is 0 Å². The molecule has 5 nitrogen and oxygen atoms in total. The average molecular weight is 344 g/mol. The number of rotatable bonds is 5. The van der Waals surface area contributed by atoms with Crippen LogP contribution in [0.15, 0.2) is 30.3 Å². The molecule has 1 aromatic carbocycles. The maximum absolute atomic E-state index is 12.7. The number of thiazole rings is 1. The Kier molecular flexibility index (Phi) is 4.41. The summed E-state index contributed by atoms with van der Waals surface area (Å²) in [5.74, 6) is -0.462. The minimum Gasteiger partial charge on any atom is -0.459 e. The van der Waals surface area contributed by atoms with Crippen LogP contribution in [0.3, 0.4) is 0 Å². The van der Waals surface area contributed by atoms with Gasteiger partial charge in [0.25, 0.3) is 0 Å². The first-order valence-corrected chi connectivity index (χ1v) is 8.79. The number of ether oxygens (including phenoxy) is 1. The van der Waals surface area contributed by atoms with E-state index < -0.39 is 11.4 Å². The molecule has 126 valence electrons. The van der Waals surface area contributed by atoms with Crippen LogP contribution >= 0.6 is 11.3 Å². The third kappa shape index (κ3) is 3.19. The quantitative estimate of drug-likeness (QED) is 0.840. The van der Waals surface area contributed by atoms with Gasteiger partial charge < -0.3 is 10.1 Å². The highest BCUT2D eigenvalue weighted by Gasteiger charge is 2.51. The van der Waals surface area contributed by atoms with Gasteiger partial charge in [-0.15, -0.1) is 0 Å². The molecule has 0 spiro atoms. The molecule has 0 bridgehead atoms. The molecular formula is C18H20N2O3S. The van der Waals surface area contributed by atoms with Crippen LogP contribution in [0.2, 0.25) is 0 Å².